The van der Waals surface area contributed by atoms with Crippen LogP contribution in [0.25, 0.3) is 12.2 Å². The largest absolute Gasteiger partial charge is 0.357 e. The fourth-order valence-corrected chi connectivity index (χ4v) is 1.69. The normalized spacial score (nSPS) is 10.7. The van der Waals surface area contributed by atoms with E-state index in [9.17, 15) is 29.8 Å². The fraction of sp³-hybridized carbons (Fsp3) is 0. The van der Waals surface area contributed by atoms with Crippen molar-refractivity contribution in [3.63, 3.8) is 0 Å². The van der Waals surface area contributed by atoms with Crippen molar-refractivity contribution in [2.75, 3.05) is 0 Å². The van der Waals surface area contributed by atoms with Crippen molar-refractivity contribution in [3.8, 4) is 0 Å². The highest BCUT2D eigenvalue weighted by Gasteiger charge is 2.18. The van der Waals surface area contributed by atoms with Crippen molar-refractivity contribution in [3.05, 3.63) is 76.6 Å². The molecule has 10 heteroatoms. The number of nitro groups is 2. The zero-order valence-electron chi connectivity index (χ0n) is 10.8. The summed E-state index contributed by atoms with van der Waals surface area (Å²) in [5.41, 5.74) is -2.65. The maximum absolute atomic E-state index is 11.4. The molecule has 0 spiro atoms. The molecule has 1 heterocycles. The molecule has 0 bridgehead atoms. The molecule has 0 unspecified atom stereocenters. The first-order chi connectivity index (χ1) is 10.4. The molecule has 112 valence electrons. The van der Waals surface area contributed by atoms with Gasteiger partial charge in [-0.2, -0.15) is 0 Å². The van der Waals surface area contributed by atoms with E-state index in [2.05, 4.69) is 4.98 Å². The standard InChI is InChI=1S/C12H8N4O6/c17-11-10(16(21)22)9(13-12(18)14-11)6-3-7-1-4-8(5-2-7)15(19)20/h1-6H,(H2,13,14,17,18)/b6-3+. The SMILES string of the molecule is O=c1[nH]c(/C=C/c2ccc([N+](=O)[O-])cc2)c([N+](=O)[O-])c(=O)[nH]1. The Morgan fingerprint density at radius 3 is 2.09 bits per heavy atom. The number of aromatic amines is 2. The first kappa shape index (κ1) is 14.8. The molecule has 0 saturated carbocycles. The zero-order chi connectivity index (χ0) is 16.3. The Bertz CT molecular complexity index is 878. The van der Waals surface area contributed by atoms with Gasteiger partial charge in [0.15, 0.2) is 0 Å². The molecule has 1 aromatic carbocycles. The lowest BCUT2D eigenvalue weighted by molar-refractivity contribution is -0.386. The summed E-state index contributed by atoms with van der Waals surface area (Å²) in [6.45, 7) is 0. The van der Waals surface area contributed by atoms with Gasteiger partial charge < -0.3 is 4.98 Å². The van der Waals surface area contributed by atoms with Crippen LogP contribution in [0, 0.1) is 20.2 Å². The Morgan fingerprint density at radius 1 is 0.909 bits per heavy atom. The number of non-ortho nitro benzene ring substituents is 1. The molecule has 0 aliphatic heterocycles. The number of aromatic nitrogens is 2. The molecular weight excluding hydrogens is 296 g/mol. The minimum Gasteiger partial charge on any atom is -0.301 e. The third-order valence-corrected chi connectivity index (χ3v) is 2.67. The van der Waals surface area contributed by atoms with E-state index in [0.717, 1.165) is 0 Å². The van der Waals surface area contributed by atoms with Crippen molar-refractivity contribution in [1.82, 2.24) is 9.97 Å². The van der Waals surface area contributed by atoms with E-state index in [1.54, 1.807) is 4.98 Å². The highest BCUT2D eigenvalue weighted by atomic mass is 16.6. The van der Waals surface area contributed by atoms with E-state index < -0.39 is 26.8 Å². The Hall–Kier alpha value is -3.56. The van der Waals surface area contributed by atoms with E-state index in [-0.39, 0.29) is 11.4 Å². The number of nitrogens with one attached hydrogen (secondary N) is 2. The van der Waals surface area contributed by atoms with Crippen molar-refractivity contribution in [2.24, 2.45) is 0 Å². The predicted octanol–water partition coefficient (Wildman–Crippen LogP) is 1.05. The maximum Gasteiger partial charge on any atom is 0.357 e. The number of rotatable bonds is 4. The van der Waals surface area contributed by atoms with Gasteiger partial charge in [0, 0.05) is 12.1 Å². The van der Waals surface area contributed by atoms with Gasteiger partial charge in [-0.15, -0.1) is 0 Å². The minimum absolute atomic E-state index is 0.104. The second kappa shape index (κ2) is 5.83. The minimum atomic E-state index is -1.11. The lowest BCUT2D eigenvalue weighted by Gasteiger charge is -1.97. The van der Waals surface area contributed by atoms with Gasteiger partial charge in [0.2, 0.25) is 0 Å². The van der Waals surface area contributed by atoms with E-state index >= 15 is 0 Å². The average Bonchev–Trinajstić information content (AvgIpc) is 2.44. The summed E-state index contributed by atoms with van der Waals surface area (Å²) >= 11 is 0. The van der Waals surface area contributed by atoms with E-state index in [0.29, 0.717) is 5.56 Å². The molecule has 2 rings (SSSR count). The van der Waals surface area contributed by atoms with Gasteiger partial charge in [-0.1, -0.05) is 6.08 Å². The molecular formula is C12H8N4O6. The molecule has 22 heavy (non-hydrogen) atoms. The quantitative estimate of drug-likeness (QED) is 0.636. The number of nitro benzene ring substituents is 1. The topological polar surface area (TPSA) is 152 Å². The van der Waals surface area contributed by atoms with Crippen molar-refractivity contribution >= 4 is 23.5 Å². The van der Waals surface area contributed by atoms with Crippen molar-refractivity contribution in [2.45, 2.75) is 0 Å². The van der Waals surface area contributed by atoms with Crippen LogP contribution in [0.1, 0.15) is 11.3 Å². The molecule has 10 nitrogen and oxygen atoms in total. The lowest BCUT2D eigenvalue weighted by Crippen LogP contribution is -2.25. The number of hydrogen-bond acceptors (Lipinski definition) is 6. The van der Waals surface area contributed by atoms with Gasteiger partial charge in [0.1, 0.15) is 5.69 Å². The molecule has 0 aliphatic rings. The first-order valence-electron chi connectivity index (χ1n) is 5.82. The van der Waals surface area contributed by atoms with Crippen LogP contribution < -0.4 is 11.2 Å². The van der Waals surface area contributed by atoms with Crippen LogP contribution in [-0.2, 0) is 0 Å². The average molecular weight is 304 g/mol. The summed E-state index contributed by atoms with van der Waals surface area (Å²) in [6.07, 6.45) is 2.55. The van der Waals surface area contributed by atoms with Crippen LogP contribution in [0.4, 0.5) is 11.4 Å². The Morgan fingerprint density at radius 2 is 1.55 bits per heavy atom. The molecule has 2 N–H and O–H groups in total. The van der Waals surface area contributed by atoms with Gasteiger partial charge >= 0.3 is 16.9 Å². The smallest absolute Gasteiger partial charge is 0.301 e. The summed E-state index contributed by atoms with van der Waals surface area (Å²) in [4.78, 5) is 46.4. The van der Waals surface area contributed by atoms with Gasteiger partial charge in [-0.05, 0) is 23.8 Å². The summed E-state index contributed by atoms with van der Waals surface area (Å²) in [5.74, 6) is 0. The van der Waals surface area contributed by atoms with Crippen molar-refractivity contribution in [1.29, 1.82) is 0 Å². The Kier molecular flexibility index (Phi) is 3.93. The zero-order valence-corrected chi connectivity index (χ0v) is 10.8. The first-order valence-corrected chi connectivity index (χ1v) is 5.82. The number of nitrogens with zero attached hydrogens (tertiary/aromatic N) is 2. The Labute approximate surface area is 121 Å². The highest BCUT2D eigenvalue weighted by Crippen LogP contribution is 2.15. The summed E-state index contributed by atoms with van der Waals surface area (Å²) in [7, 11) is 0. The van der Waals surface area contributed by atoms with E-state index in [1.165, 1.54) is 36.4 Å². The number of H-pyrrole nitrogens is 2. The Balaban J connectivity index is 2.42. The molecule has 0 fully saturated rings. The molecule has 2 aromatic rings. The van der Waals surface area contributed by atoms with Crippen LogP contribution in [0.2, 0.25) is 0 Å². The summed E-state index contributed by atoms with van der Waals surface area (Å²) < 4.78 is 0. The second-order valence-electron chi connectivity index (χ2n) is 4.11. The number of hydrogen-bond donors (Lipinski definition) is 2. The van der Waals surface area contributed by atoms with Crippen LogP contribution >= 0.6 is 0 Å². The van der Waals surface area contributed by atoms with Crippen LogP contribution in [-0.4, -0.2) is 19.8 Å². The maximum atomic E-state index is 11.4. The predicted molar refractivity (Wildman–Crippen MR) is 76.4 cm³/mol. The molecule has 0 saturated heterocycles. The molecule has 1 aromatic heterocycles. The van der Waals surface area contributed by atoms with Crippen LogP contribution in [0.5, 0.6) is 0 Å². The molecule has 0 atom stereocenters. The molecule has 0 amide bonds. The van der Waals surface area contributed by atoms with E-state index in [1.807, 2.05) is 0 Å². The fourth-order valence-electron chi connectivity index (χ4n) is 1.69. The van der Waals surface area contributed by atoms with Crippen LogP contribution in [0.15, 0.2) is 33.9 Å². The second-order valence-corrected chi connectivity index (χ2v) is 4.11. The summed E-state index contributed by atoms with van der Waals surface area (Å²) in [5, 5.41) is 21.4. The number of benzene rings is 1. The third kappa shape index (κ3) is 3.12. The highest BCUT2D eigenvalue weighted by molar-refractivity contribution is 5.71. The van der Waals surface area contributed by atoms with Gasteiger partial charge in [0.05, 0.1) is 9.85 Å². The van der Waals surface area contributed by atoms with Gasteiger partial charge in [-0.3, -0.25) is 30.0 Å². The lowest BCUT2D eigenvalue weighted by atomic mass is 10.2. The van der Waals surface area contributed by atoms with Gasteiger partial charge in [-0.25, -0.2) is 4.79 Å². The van der Waals surface area contributed by atoms with Crippen LogP contribution in [0.3, 0.4) is 0 Å². The third-order valence-electron chi connectivity index (χ3n) is 2.67. The monoisotopic (exact) mass is 304 g/mol. The molecule has 0 aliphatic carbocycles. The van der Waals surface area contributed by atoms with Gasteiger partial charge in [0.25, 0.3) is 5.69 Å². The molecule has 0 radical (unpaired) electrons. The van der Waals surface area contributed by atoms with Crippen molar-refractivity contribution < 1.29 is 9.85 Å². The summed E-state index contributed by atoms with van der Waals surface area (Å²) in [6, 6.07) is 5.36. The van der Waals surface area contributed by atoms with E-state index in [4.69, 9.17) is 0 Å².